The molecule has 13 nitrogen and oxygen atoms in total. The minimum Gasteiger partial charge on any atom is -0.467 e. The van der Waals surface area contributed by atoms with E-state index in [0.29, 0.717) is 10.4 Å². The molecule has 1 aromatic heterocycles. The number of rotatable bonds is 7. The lowest BCUT2D eigenvalue weighted by molar-refractivity contribution is -0.282. The van der Waals surface area contributed by atoms with Gasteiger partial charge in [-0.2, -0.15) is 0 Å². The summed E-state index contributed by atoms with van der Waals surface area (Å²) in [5, 5.41) is 2.73. The lowest BCUT2D eigenvalue weighted by atomic mass is 9.96. The van der Waals surface area contributed by atoms with Crippen LogP contribution in [-0.2, 0) is 47.6 Å². The SMILES string of the molecule is COC(=O)[C@H]1O[C@@H](Oc2cc3c(c4c(C)csc24)[C@H](CCl)CN3C(=O)OC(C)(C)C)[C@H](OC(C)=O)[C@@H](OC(C)=O)[C@@H]1OC(C)=O. The van der Waals surface area contributed by atoms with Gasteiger partial charge in [0.25, 0.3) is 0 Å². The summed E-state index contributed by atoms with van der Waals surface area (Å²) in [5.41, 5.74) is 1.48. The number of carbonyl (C=O) groups excluding carboxylic acids is 5. The summed E-state index contributed by atoms with van der Waals surface area (Å²) in [6.07, 6.45) is -8.34. The van der Waals surface area contributed by atoms with E-state index in [2.05, 4.69) is 0 Å². The molecule has 45 heavy (non-hydrogen) atoms. The number of amides is 1. The molecule has 2 aliphatic heterocycles. The lowest BCUT2D eigenvalue weighted by Crippen LogP contribution is -2.64. The first kappa shape index (κ1) is 34.3. The maximum Gasteiger partial charge on any atom is 0.414 e. The molecule has 0 radical (unpaired) electrons. The molecule has 0 bridgehead atoms. The molecule has 6 atom stereocenters. The van der Waals surface area contributed by atoms with Gasteiger partial charge in [-0.15, -0.1) is 22.9 Å². The van der Waals surface area contributed by atoms with Gasteiger partial charge in [-0.3, -0.25) is 19.3 Å². The third-order valence-electron chi connectivity index (χ3n) is 6.99. The number of fused-ring (bicyclic) bond motifs is 3. The van der Waals surface area contributed by atoms with Gasteiger partial charge < -0.3 is 33.2 Å². The van der Waals surface area contributed by atoms with Crippen molar-refractivity contribution in [2.75, 3.05) is 24.4 Å². The van der Waals surface area contributed by atoms with Gasteiger partial charge in [0.2, 0.25) is 12.4 Å². The molecule has 3 heterocycles. The number of thiophene rings is 1. The zero-order chi connectivity index (χ0) is 33.4. The minimum absolute atomic E-state index is 0.208. The van der Waals surface area contributed by atoms with Crippen LogP contribution < -0.4 is 9.64 Å². The van der Waals surface area contributed by atoms with Crippen LogP contribution in [0.4, 0.5) is 10.5 Å². The topological polar surface area (TPSA) is 153 Å². The molecule has 0 spiro atoms. The molecule has 15 heteroatoms. The van der Waals surface area contributed by atoms with Crippen LogP contribution in [0, 0.1) is 6.92 Å². The van der Waals surface area contributed by atoms with Crippen LogP contribution in [0.25, 0.3) is 10.1 Å². The third kappa shape index (κ3) is 7.28. The number of halogens is 1. The number of aryl methyl sites for hydroxylation is 1. The number of ether oxygens (including phenoxy) is 7. The molecule has 2 aliphatic rings. The number of benzene rings is 1. The highest BCUT2D eigenvalue weighted by atomic mass is 35.5. The Balaban J connectivity index is 1.87. The van der Waals surface area contributed by atoms with Crippen molar-refractivity contribution in [3.05, 3.63) is 22.6 Å². The molecule has 1 fully saturated rings. The van der Waals surface area contributed by atoms with Crippen LogP contribution in [0.15, 0.2) is 11.4 Å². The highest BCUT2D eigenvalue weighted by Gasteiger charge is 2.56. The first-order chi connectivity index (χ1) is 21.1. The molecular weight excluding hydrogens is 634 g/mol. The van der Waals surface area contributed by atoms with Gasteiger partial charge in [-0.05, 0) is 44.2 Å². The van der Waals surface area contributed by atoms with Gasteiger partial charge in [-0.1, -0.05) is 0 Å². The van der Waals surface area contributed by atoms with Crippen LogP contribution in [0.5, 0.6) is 5.75 Å². The van der Waals surface area contributed by atoms with Gasteiger partial charge in [0, 0.05) is 50.6 Å². The van der Waals surface area contributed by atoms with E-state index in [1.54, 1.807) is 26.8 Å². The standard InChI is InChI=1S/C30H36ClNO12S/c1-13-12-45-26-19(9-18-21(20(13)26)17(10-31)11-32(18)29(37)44-30(5,6)7)42-28-25(41-16(4)35)23(40-15(3)34)22(39-14(2)33)24(43-28)27(36)38-8/h9,12,17,22-25,28H,10-11H2,1-8H3/t17-,22+,23+,24+,25-,28-/m1/s1. The Bertz CT molecular complexity index is 1500. The van der Waals surface area contributed by atoms with Crippen molar-refractivity contribution in [3.8, 4) is 5.75 Å². The number of carbonyl (C=O) groups is 5. The number of nitrogens with zero attached hydrogens (tertiary/aromatic N) is 1. The van der Waals surface area contributed by atoms with Gasteiger partial charge >= 0.3 is 30.0 Å². The van der Waals surface area contributed by atoms with Crippen molar-refractivity contribution < 1.29 is 57.1 Å². The summed E-state index contributed by atoms with van der Waals surface area (Å²) in [5.74, 6) is -3.14. The Morgan fingerprint density at radius 2 is 1.60 bits per heavy atom. The highest BCUT2D eigenvalue weighted by molar-refractivity contribution is 7.17. The Labute approximate surface area is 268 Å². The van der Waals surface area contributed by atoms with Crippen LogP contribution in [0.2, 0.25) is 0 Å². The third-order valence-corrected chi connectivity index (χ3v) is 8.48. The monoisotopic (exact) mass is 669 g/mol. The molecule has 0 unspecified atom stereocenters. The quantitative estimate of drug-likeness (QED) is 0.234. The van der Waals surface area contributed by atoms with Crippen molar-refractivity contribution in [2.45, 2.75) is 90.7 Å². The molecule has 2 aromatic rings. The molecule has 246 valence electrons. The molecule has 0 aliphatic carbocycles. The summed E-state index contributed by atoms with van der Waals surface area (Å²) >= 11 is 7.75. The molecule has 0 N–H and O–H groups in total. The summed E-state index contributed by atoms with van der Waals surface area (Å²) < 4.78 is 39.9. The van der Waals surface area contributed by atoms with Gasteiger partial charge in [-0.25, -0.2) is 9.59 Å². The number of esters is 4. The van der Waals surface area contributed by atoms with Crippen LogP contribution >= 0.6 is 22.9 Å². The van der Waals surface area contributed by atoms with Crippen molar-refractivity contribution in [1.82, 2.24) is 0 Å². The van der Waals surface area contributed by atoms with E-state index < -0.39 is 66.3 Å². The van der Waals surface area contributed by atoms with E-state index in [1.165, 1.54) is 16.2 Å². The highest BCUT2D eigenvalue weighted by Crippen LogP contribution is 2.49. The van der Waals surface area contributed by atoms with E-state index in [9.17, 15) is 24.0 Å². The fourth-order valence-corrected chi connectivity index (χ4v) is 6.68. The summed E-state index contributed by atoms with van der Waals surface area (Å²) in [6, 6.07) is 1.63. The number of methoxy groups -OCH3 is 1. The average Bonchev–Trinajstić information content (AvgIpc) is 3.50. The zero-order valence-electron chi connectivity index (χ0n) is 26.2. The molecule has 1 aromatic carbocycles. The smallest absolute Gasteiger partial charge is 0.414 e. The van der Waals surface area contributed by atoms with E-state index in [0.717, 1.165) is 44.4 Å². The Hall–Kier alpha value is -3.62. The van der Waals surface area contributed by atoms with Gasteiger partial charge in [0.05, 0.1) is 17.5 Å². The molecule has 1 amide bonds. The van der Waals surface area contributed by atoms with Crippen molar-refractivity contribution in [1.29, 1.82) is 0 Å². The number of hydrogen-bond acceptors (Lipinski definition) is 13. The van der Waals surface area contributed by atoms with E-state index in [4.69, 9.17) is 44.8 Å². The van der Waals surface area contributed by atoms with Crippen molar-refractivity contribution in [3.63, 3.8) is 0 Å². The Morgan fingerprint density at radius 1 is 1.00 bits per heavy atom. The maximum atomic E-state index is 13.3. The predicted octanol–water partition coefficient (Wildman–Crippen LogP) is 4.36. The molecule has 1 saturated heterocycles. The normalized spacial score (nSPS) is 24.4. The first-order valence-corrected chi connectivity index (χ1v) is 15.5. The van der Waals surface area contributed by atoms with Crippen molar-refractivity contribution >= 4 is 68.7 Å². The summed E-state index contributed by atoms with van der Waals surface area (Å²) in [4.78, 5) is 64.2. The van der Waals surface area contributed by atoms with E-state index in [1.807, 2.05) is 12.3 Å². The number of hydrogen-bond donors (Lipinski definition) is 0. The first-order valence-electron chi connectivity index (χ1n) is 14.1. The molecule has 0 saturated carbocycles. The summed E-state index contributed by atoms with van der Waals surface area (Å²) in [7, 11) is 1.10. The Kier molecular flexibility index (Phi) is 10.2. The second-order valence-corrected chi connectivity index (χ2v) is 12.8. The van der Waals surface area contributed by atoms with Gasteiger partial charge in [0.1, 0.15) is 11.4 Å². The zero-order valence-corrected chi connectivity index (χ0v) is 27.7. The van der Waals surface area contributed by atoms with Crippen LogP contribution in [0.1, 0.15) is 58.6 Å². The molecule has 4 rings (SSSR count). The van der Waals surface area contributed by atoms with E-state index in [-0.39, 0.29) is 24.1 Å². The lowest BCUT2D eigenvalue weighted by Gasteiger charge is -2.43. The van der Waals surface area contributed by atoms with Crippen LogP contribution in [0.3, 0.4) is 0 Å². The average molecular weight is 670 g/mol. The minimum atomic E-state index is -1.63. The van der Waals surface area contributed by atoms with E-state index >= 15 is 0 Å². The molecular formula is C30H36ClNO12S. The fourth-order valence-electron chi connectivity index (χ4n) is 5.41. The second kappa shape index (κ2) is 13.4. The number of alkyl halides is 1. The van der Waals surface area contributed by atoms with Gasteiger partial charge in [0.15, 0.2) is 18.3 Å². The second-order valence-electron chi connectivity index (χ2n) is 11.7. The Morgan fingerprint density at radius 3 is 2.16 bits per heavy atom. The summed E-state index contributed by atoms with van der Waals surface area (Å²) in [6.45, 7) is 10.8. The maximum absolute atomic E-state index is 13.3. The predicted molar refractivity (Wildman–Crippen MR) is 162 cm³/mol. The fraction of sp³-hybridized carbons (Fsp3) is 0.567. The number of anilines is 1. The van der Waals surface area contributed by atoms with Crippen LogP contribution in [-0.4, -0.2) is 85.8 Å². The largest absolute Gasteiger partial charge is 0.467 e. The van der Waals surface area contributed by atoms with Crippen molar-refractivity contribution in [2.24, 2.45) is 0 Å².